The van der Waals surface area contributed by atoms with E-state index in [-0.39, 0.29) is 0 Å². The molecule has 1 aromatic carbocycles. The molecule has 2 aromatic rings. The molecule has 0 bridgehead atoms. The van der Waals surface area contributed by atoms with Crippen LogP contribution in [0.4, 0.5) is 5.82 Å². The number of hydrogen-bond donors (Lipinski definition) is 2. The molecule has 5 heteroatoms. The number of aromatic amines is 1. The molecule has 0 aliphatic carbocycles. The fourth-order valence-corrected chi connectivity index (χ4v) is 1.95. The summed E-state index contributed by atoms with van der Waals surface area (Å²) in [6.07, 6.45) is 0. The molecule has 16 heavy (non-hydrogen) atoms. The lowest BCUT2D eigenvalue weighted by Gasteiger charge is -2.03. The molecule has 82 valence electrons. The van der Waals surface area contributed by atoms with Crippen molar-refractivity contribution in [3.8, 4) is 0 Å². The third-order valence-corrected chi connectivity index (χ3v) is 2.86. The highest BCUT2D eigenvalue weighted by Crippen LogP contribution is 2.21. The smallest absolute Gasteiger partial charge is 0.273 e. The van der Waals surface area contributed by atoms with Crippen molar-refractivity contribution >= 4 is 38.6 Å². The van der Waals surface area contributed by atoms with Gasteiger partial charge in [0.05, 0.1) is 12.6 Å². The van der Waals surface area contributed by atoms with Gasteiger partial charge in [-0.15, -0.1) is 0 Å². The minimum absolute atomic E-state index is 0.436. The number of primary amides is 1. The van der Waals surface area contributed by atoms with Gasteiger partial charge in [0.25, 0.3) is 5.82 Å². The lowest BCUT2D eigenvalue weighted by atomic mass is 10.1. The second kappa shape index (κ2) is 4.09. The van der Waals surface area contributed by atoms with Gasteiger partial charge in [-0.25, -0.2) is 4.98 Å². The van der Waals surface area contributed by atoms with Crippen LogP contribution in [0, 0.1) is 0 Å². The molecule has 0 aliphatic rings. The summed E-state index contributed by atoms with van der Waals surface area (Å²) in [4.78, 5) is 14.5. The number of benzene rings is 1. The van der Waals surface area contributed by atoms with Crippen LogP contribution in [-0.4, -0.2) is 13.0 Å². The van der Waals surface area contributed by atoms with Crippen molar-refractivity contribution in [3.05, 3.63) is 34.3 Å². The summed E-state index contributed by atoms with van der Waals surface area (Å²) < 4.78 is 0.910. The van der Waals surface area contributed by atoms with Gasteiger partial charge in [0.2, 0.25) is 5.91 Å². The van der Waals surface area contributed by atoms with Crippen molar-refractivity contribution < 1.29 is 9.78 Å². The largest absolute Gasteiger partial charge is 0.366 e. The number of nitrogens with one attached hydrogen (secondary N) is 2. The number of carbonyl (C=O) groups excluding carboxylic acids is 1. The van der Waals surface area contributed by atoms with Crippen LogP contribution >= 0.6 is 15.9 Å². The van der Waals surface area contributed by atoms with Crippen LogP contribution in [0.15, 0.2) is 28.7 Å². The first-order chi connectivity index (χ1) is 7.61. The summed E-state index contributed by atoms with van der Waals surface area (Å²) in [6, 6.07) is 7.37. The normalized spacial score (nSPS) is 10.4. The summed E-state index contributed by atoms with van der Waals surface area (Å²) in [5, 5.41) is 3.76. The molecule has 0 spiro atoms. The summed E-state index contributed by atoms with van der Waals surface area (Å²) in [7, 11) is 1.78. The number of halogens is 1. The van der Waals surface area contributed by atoms with E-state index in [0.29, 0.717) is 5.56 Å². The predicted molar refractivity (Wildman–Crippen MR) is 66.3 cm³/mol. The number of nitrogens with two attached hydrogens (primary N) is 1. The van der Waals surface area contributed by atoms with E-state index in [1.165, 1.54) is 0 Å². The minimum Gasteiger partial charge on any atom is -0.366 e. The molecule has 0 unspecified atom stereocenters. The standard InChI is InChI=1S/C11H10BrN3O/c1-14-10-5-8(11(13)16)7-4-6(12)2-3-9(7)15-10/h2-5H,1H3,(H2,13,16)(H,14,15)/p+1. The van der Waals surface area contributed by atoms with Gasteiger partial charge in [0.1, 0.15) is 5.52 Å². The number of anilines is 1. The number of rotatable bonds is 2. The van der Waals surface area contributed by atoms with E-state index in [4.69, 9.17) is 5.73 Å². The van der Waals surface area contributed by atoms with E-state index in [1.54, 1.807) is 13.1 Å². The fourth-order valence-electron chi connectivity index (χ4n) is 1.59. The van der Waals surface area contributed by atoms with Gasteiger partial charge >= 0.3 is 0 Å². The number of hydrogen-bond acceptors (Lipinski definition) is 2. The van der Waals surface area contributed by atoms with Gasteiger partial charge in [-0.3, -0.25) is 10.1 Å². The van der Waals surface area contributed by atoms with Crippen LogP contribution in [0.25, 0.3) is 10.9 Å². The Morgan fingerprint density at radius 2 is 2.19 bits per heavy atom. The molecule has 2 rings (SSSR count). The molecular weight excluding hydrogens is 270 g/mol. The molecule has 4 nitrogen and oxygen atoms in total. The number of pyridine rings is 1. The number of fused-ring (bicyclic) bond motifs is 1. The van der Waals surface area contributed by atoms with E-state index < -0.39 is 5.91 Å². The van der Waals surface area contributed by atoms with Crippen molar-refractivity contribution in [2.24, 2.45) is 5.73 Å². The maximum Gasteiger partial charge on any atom is 0.273 e. The van der Waals surface area contributed by atoms with E-state index in [0.717, 1.165) is 21.2 Å². The highest BCUT2D eigenvalue weighted by atomic mass is 79.9. The molecule has 0 fully saturated rings. The average molecular weight is 281 g/mol. The molecule has 0 saturated heterocycles. The van der Waals surface area contributed by atoms with Crippen LogP contribution in [0.3, 0.4) is 0 Å². The molecule has 0 radical (unpaired) electrons. The molecule has 0 saturated carbocycles. The van der Waals surface area contributed by atoms with Gasteiger partial charge in [0.15, 0.2) is 0 Å². The molecule has 1 amide bonds. The number of aromatic nitrogens is 1. The molecule has 4 N–H and O–H groups in total. The van der Waals surface area contributed by atoms with Crippen LogP contribution in [0.1, 0.15) is 10.4 Å². The second-order valence-corrected chi connectivity index (χ2v) is 4.32. The Morgan fingerprint density at radius 1 is 1.44 bits per heavy atom. The second-order valence-electron chi connectivity index (χ2n) is 3.40. The summed E-state index contributed by atoms with van der Waals surface area (Å²) in [5.74, 6) is 0.317. The Kier molecular flexibility index (Phi) is 2.78. The molecule has 0 aliphatic heterocycles. The van der Waals surface area contributed by atoms with Gasteiger partial charge in [-0.2, -0.15) is 0 Å². The quantitative estimate of drug-likeness (QED) is 0.877. The minimum atomic E-state index is -0.436. The van der Waals surface area contributed by atoms with Crippen LogP contribution in [0.5, 0.6) is 0 Å². The Bertz CT molecular complexity index is 568. The fraction of sp³-hybridized carbons (Fsp3) is 0.0909. The first-order valence-electron chi connectivity index (χ1n) is 4.75. The van der Waals surface area contributed by atoms with Gasteiger partial charge in [0, 0.05) is 15.9 Å². The van der Waals surface area contributed by atoms with E-state index >= 15 is 0 Å². The highest BCUT2D eigenvalue weighted by Gasteiger charge is 2.13. The van der Waals surface area contributed by atoms with Crippen molar-refractivity contribution in [1.29, 1.82) is 0 Å². The summed E-state index contributed by atoms with van der Waals surface area (Å²) in [5.41, 5.74) is 6.72. The van der Waals surface area contributed by atoms with E-state index in [9.17, 15) is 4.79 Å². The van der Waals surface area contributed by atoms with Crippen molar-refractivity contribution in [3.63, 3.8) is 0 Å². The zero-order valence-electron chi connectivity index (χ0n) is 8.67. The van der Waals surface area contributed by atoms with Crippen molar-refractivity contribution in [2.45, 2.75) is 0 Å². The Hall–Kier alpha value is -1.62. The Labute approximate surface area is 101 Å². The predicted octanol–water partition coefficient (Wildman–Crippen LogP) is 1.56. The maximum absolute atomic E-state index is 11.4. The molecule has 0 atom stereocenters. The number of H-pyrrole nitrogens is 1. The molecule has 1 heterocycles. The first kappa shape index (κ1) is 10.9. The average Bonchev–Trinajstić information content (AvgIpc) is 2.27. The monoisotopic (exact) mass is 280 g/mol. The van der Waals surface area contributed by atoms with E-state index in [1.807, 2.05) is 18.2 Å². The van der Waals surface area contributed by atoms with Gasteiger partial charge < -0.3 is 5.73 Å². The molecule has 1 aromatic heterocycles. The highest BCUT2D eigenvalue weighted by molar-refractivity contribution is 9.10. The number of amides is 1. The maximum atomic E-state index is 11.4. The van der Waals surface area contributed by atoms with Crippen LogP contribution < -0.4 is 16.0 Å². The van der Waals surface area contributed by atoms with Gasteiger partial charge in [-0.1, -0.05) is 15.9 Å². The van der Waals surface area contributed by atoms with Crippen LogP contribution in [-0.2, 0) is 0 Å². The Balaban J connectivity index is 2.82. The Morgan fingerprint density at radius 3 is 2.81 bits per heavy atom. The van der Waals surface area contributed by atoms with Crippen molar-refractivity contribution in [2.75, 3.05) is 12.4 Å². The van der Waals surface area contributed by atoms with E-state index in [2.05, 4.69) is 26.2 Å². The topological polar surface area (TPSA) is 69.3 Å². The van der Waals surface area contributed by atoms with Crippen molar-refractivity contribution in [1.82, 2.24) is 0 Å². The molecular formula is C11H11BrN3O+. The first-order valence-corrected chi connectivity index (χ1v) is 5.54. The third kappa shape index (κ3) is 1.86. The lowest BCUT2D eigenvalue weighted by Crippen LogP contribution is -2.18. The summed E-state index contributed by atoms with van der Waals surface area (Å²) in [6.45, 7) is 0. The third-order valence-electron chi connectivity index (χ3n) is 2.36. The van der Waals surface area contributed by atoms with Gasteiger partial charge in [-0.05, 0) is 18.2 Å². The zero-order valence-corrected chi connectivity index (χ0v) is 10.3. The lowest BCUT2D eigenvalue weighted by molar-refractivity contribution is -0.327. The number of carbonyl (C=O) groups is 1. The zero-order chi connectivity index (χ0) is 11.7. The van der Waals surface area contributed by atoms with Crippen LogP contribution in [0.2, 0.25) is 0 Å². The summed E-state index contributed by atoms with van der Waals surface area (Å²) >= 11 is 3.37. The SMILES string of the molecule is CNc1cc(C(N)=O)c2cc(Br)ccc2[nH+]1.